The highest BCUT2D eigenvalue weighted by molar-refractivity contribution is 7.89. The SMILES string of the molecule is O=S(=O)(NCC(CCO)c1ccccc1)c1cccc(F)c1F. The van der Waals surface area contributed by atoms with Crippen molar-refractivity contribution < 1.29 is 22.3 Å². The van der Waals surface area contributed by atoms with Crippen molar-refractivity contribution in [1.29, 1.82) is 0 Å². The Bertz CT molecular complexity index is 751. The minimum absolute atomic E-state index is 0.0249. The maximum absolute atomic E-state index is 13.7. The van der Waals surface area contributed by atoms with Crippen LogP contribution in [0.1, 0.15) is 17.9 Å². The maximum atomic E-state index is 13.7. The highest BCUT2D eigenvalue weighted by atomic mass is 32.2. The quantitative estimate of drug-likeness (QED) is 0.813. The van der Waals surface area contributed by atoms with Gasteiger partial charge < -0.3 is 5.11 Å². The molecule has 0 spiro atoms. The van der Waals surface area contributed by atoms with Gasteiger partial charge in [0.1, 0.15) is 4.90 Å². The highest BCUT2D eigenvalue weighted by Gasteiger charge is 2.23. The molecule has 7 heteroatoms. The Hall–Kier alpha value is -1.83. The summed E-state index contributed by atoms with van der Waals surface area (Å²) < 4.78 is 53.5. The van der Waals surface area contributed by atoms with Gasteiger partial charge in [0, 0.05) is 13.2 Å². The van der Waals surface area contributed by atoms with Crippen molar-refractivity contribution in [2.75, 3.05) is 13.2 Å². The van der Waals surface area contributed by atoms with Gasteiger partial charge in [0.05, 0.1) is 0 Å². The highest BCUT2D eigenvalue weighted by Crippen LogP contribution is 2.21. The van der Waals surface area contributed by atoms with E-state index in [-0.39, 0.29) is 19.1 Å². The van der Waals surface area contributed by atoms with E-state index in [4.69, 9.17) is 5.11 Å². The number of sulfonamides is 1. The molecule has 2 rings (SSSR count). The first-order valence-corrected chi connectivity index (χ1v) is 8.53. The number of nitrogens with one attached hydrogen (secondary N) is 1. The van der Waals surface area contributed by atoms with E-state index in [1.807, 2.05) is 18.2 Å². The average molecular weight is 341 g/mol. The summed E-state index contributed by atoms with van der Waals surface area (Å²) in [6.07, 6.45) is 0.345. The fourth-order valence-electron chi connectivity index (χ4n) is 2.25. The van der Waals surface area contributed by atoms with Gasteiger partial charge in [0.15, 0.2) is 11.6 Å². The molecule has 0 aromatic heterocycles. The summed E-state index contributed by atoms with van der Waals surface area (Å²) in [6.45, 7) is -0.140. The fourth-order valence-corrected chi connectivity index (χ4v) is 3.41. The summed E-state index contributed by atoms with van der Waals surface area (Å²) in [5, 5.41) is 9.14. The lowest BCUT2D eigenvalue weighted by molar-refractivity contribution is 0.275. The molecule has 2 aromatic rings. The third-order valence-corrected chi connectivity index (χ3v) is 4.92. The predicted molar refractivity (Wildman–Crippen MR) is 82.4 cm³/mol. The van der Waals surface area contributed by atoms with Gasteiger partial charge in [-0.05, 0) is 30.0 Å². The smallest absolute Gasteiger partial charge is 0.243 e. The number of hydrogen-bond acceptors (Lipinski definition) is 3. The van der Waals surface area contributed by atoms with Crippen LogP contribution in [0, 0.1) is 11.6 Å². The molecule has 0 aliphatic rings. The molecule has 0 fully saturated rings. The zero-order chi connectivity index (χ0) is 16.9. The summed E-state index contributed by atoms with van der Waals surface area (Å²) in [4.78, 5) is -0.728. The summed E-state index contributed by atoms with van der Waals surface area (Å²) in [7, 11) is -4.18. The molecule has 23 heavy (non-hydrogen) atoms. The van der Waals surface area contributed by atoms with Crippen molar-refractivity contribution in [2.45, 2.75) is 17.2 Å². The second-order valence-corrected chi connectivity index (χ2v) is 6.76. The molecule has 1 atom stereocenters. The molecular weight excluding hydrogens is 324 g/mol. The Labute approximate surface area is 133 Å². The standard InChI is InChI=1S/C16H17F2NO3S/c17-14-7-4-8-15(16(14)18)23(21,22)19-11-13(9-10-20)12-5-2-1-3-6-12/h1-8,13,19-20H,9-11H2. The molecule has 0 aliphatic carbocycles. The third-order valence-electron chi connectivity index (χ3n) is 3.47. The van der Waals surface area contributed by atoms with Crippen molar-refractivity contribution in [2.24, 2.45) is 0 Å². The molecule has 1 unspecified atom stereocenters. The summed E-state index contributed by atoms with van der Waals surface area (Å²) in [5.74, 6) is -2.89. The number of benzene rings is 2. The van der Waals surface area contributed by atoms with E-state index in [2.05, 4.69) is 4.72 Å². The molecule has 0 saturated heterocycles. The molecule has 4 nitrogen and oxygen atoms in total. The fraction of sp³-hybridized carbons (Fsp3) is 0.250. The van der Waals surface area contributed by atoms with E-state index >= 15 is 0 Å². The molecule has 0 bridgehead atoms. The minimum Gasteiger partial charge on any atom is -0.396 e. The Kier molecular flexibility index (Phi) is 5.81. The number of halogens is 2. The Morgan fingerprint density at radius 3 is 2.39 bits per heavy atom. The third kappa shape index (κ3) is 4.34. The molecule has 0 saturated carbocycles. The van der Waals surface area contributed by atoms with Crippen LogP contribution in [0.3, 0.4) is 0 Å². The predicted octanol–water partition coefficient (Wildman–Crippen LogP) is 2.41. The molecule has 0 heterocycles. The van der Waals surface area contributed by atoms with Gasteiger partial charge in [-0.25, -0.2) is 21.9 Å². The van der Waals surface area contributed by atoms with E-state index < -0.39 is 26.6 Å². The van der Waals surface area contributed by atoms with Crippen molar-refractivity contribution in [3.05, 3.63) is 65.7 Å². The van der Waals surface area contributed by atoms with E-state index in [0.717, 1.165) is 23.8 Å². The zero-order valence-corrected chi connectivity index (χ0v) is 13.1. The average Bonchev–Trinajstić information content (AvgIpc) is 2.54. The van der Waals surface area contributed by atoms with Gasteiger partial charge in [-0.3, -0.25) is 0 Å². The molecular formula is C16H17F2NO3S. The lowest BCUT2D eigenvalue weighted by Crippen LogP contribution is -2.29. The van der Waals surface area contributed by atoms with E-state index in [9.17, 15) is 17.2 Å². The first-order valence-electron chi connectivity index (χ1n) is 7.05. The number of hydrogen-bond donors (Lipinski definition) is 2. The van der Waals surface area contributed by atoms with Crippen LogP contribution in [0.4, 0.5) is 8.78 Å². The number of aliphatic hydroxyl groups is 1. The van der Waals surface area contributed by atoms with Crippen LogP contribution in [-0.4, -0.2) is 26.7 Å². The second kappa shape index (κ2) is 7.63. The van der Waals surface area contributed by atoms with Crippen LogP contribution in [0.5, 0.6) is 0 Å². The largest absolute Gasteiger partial charge is 0.396 e. The van der Waals surface area contributed by atoms with E-state index in [1.54, 1.807) is 12.1 Å². The van der Waals surface area contributed by atoms with E-state index in [1.165, 1.54) is 0 Å². The van der Waals surface area contributed by atoms with Gasteiger partial charge in [-0.2, -0.15) is 0 Å². The molecule has 124 valence electrons. The molecule has 0 aliphatic heterocycles. The van der Waals surface area contributed by atoms with Crippen LogP contribution >= 0.6 is 0 Å². The van der Waals surface area contributed by atoms with Crippen LogP contribution in [-0.2, 0) is 10.0 Å². The first kappa shape index (κ1) is 17.5. The number of rotatable bonds is 7. The summed E-state index contributed by atoms with van der Waals surface area (Å²) >= 11 is 0. The van der Waals surface area contributed by atoms with Crippen LogP contribution in [0.25, 0.3) is 0 Å². The topological polar surface area (TPSA) is 66.4 Å². The van der Waals surface area contributed by atoms with Crippen molar-refractivity contribution >= 4 is 10.0 Å². The molecule has 2 aromatic carbocycles. The van der Waals surface area contributed by atoms with Gasteiger partial charge in [0.25, 0.3) is 0 Å². The van der Waals surface area contributed by atoms with Crippen molar-refractivity contribution in [3.63, 3.8) is 0 Å². The first-order chi connectivity index (χ1) is 11.0. The van der Waals surface area contributed by atoms with Crippen LogP contribution in [0.15, 0.2) is 53.4 Å². The number of aliphatic hydroxyl groups excluding tert-OH is 1. The van der Waals surface area contributed by atoms with Crippen molar-refractivity contribution in [3.8, 4) is 0 Å². The lowest BCUT2D eigenvalue weighted by Gasteiger charge is -2.17. The van der Waals surface area contributed by atoms with Crippen LogP contribution in [0.2, 0.25) is 0 Å². The Morgan fingerprint density at radius 1 is 1.04 bits per heavy atom. The maximum Gasteiger partial charge on any atom is 0.243 e. The normalized spacial score (nSPS) is 13.0. The van der Waals surface area contributed by atoms with Gasteiger partial charge in [0.2, 0.25) is 10.0 Å². The Balaban J connectivity index is 2.18. The molecule has 0 amide bonds. The second-order valence-electron chi connectivity index (χ2n) is 5.02. The zero-order valence-electron chi connectivity index (χ0n) is 12.2. The Morgan fingerprint density at radius 2 is 1.74 bits per heavy atom. The lowest BCUT2D eigenvalue weighted by atomic mass is 9.96. The molecule has 0 radical (unpaired) electrons. The van der Waals surface area contributed by atoms with E-state index in [0.29, 0.717) is 6.42 Å². The van der Waals surface area contributed by atoms with Crippen LogP contribution < -0.4 is 4.72 Å². The molecule has 2 N–H and O–H groups in total. The monoisotopic (exact) mass is 341 g/mol. The van der Waals surface area contributed by atoms with Gasteiger partial charge in [-0.1, -0.05) is 36.4 Å². The summed E-state index contributed by atoms with van der Waals surface area (Å²) in [6, 6.07) is 12.1. The van der Waals surface area contributed by atoms with Gasteiger partial charge >= 0.3 is 0 Å². The van der Waals surface area contributed by atoms with Crippen molar-refractivity contribution in [1.82, 2.24) is 4.72 Å². The van der Waals surface area contributed by atoms with Gasteiger partial charge in [-0.15, -0.1) is 0 Å². The minimum atomic E-state index is -4.18. The summed E-state index contributed by atoms with van der Waals surface area (Å²) in [5.41, 5.74) is 0.851.